The van der Waals surface area contributed by atoms with E-state index in [0.717, 1.165) is 15.5 Å². The van der Waals surface area contributed by atoms with Gasteiger partial charge in [0.1, 0.15) is 17.4 Å². The molecule has 1 aromatic heterocycles. The van der Waals surface area contributed by atoms with Crippen LogP contribution in [0.2, 0.25) is 0 Å². The van der Waals surface area contributed by atoms with Crippen molar-refractivity contribution in [2.45, 2.75) is 19.5 Å². The molecule has 0 fully saturated rings. The second-order valence-corrected chi connectivity index (χ2v) is 8.08. The summed E-state index contributed by atoms with van der Waals surface area (Å²) in [4.78, 5) is 78.3. The number of hydrogen-bond donors (Lipinski definition) is 2. The van der Waals surface area contributed by atoms with Crippen molar-refractivity contribution in [3.63, 3.8) is 0 Å². The zero-order valence-corrected chi connectivity index (χ0v) is 19.1. The van der Waals surface area contributed by atoms with Gasteiger partial charge in [-0.25, -0.2) is 4.79 Å². The SMILES string of the molecule is CC(C(=O)N(C)c1c(N)n(Cc2ccccc2)c(=O)[nH]c1=O)N1C(=O)c2cccc([N+](=O)[O-])c2C1=O. The van der Waals surface area contributed by atoms with Crippen molar-refractivity contribution in [2.24, 2.45) is 0 Å². The number of carbonyl (C=O) groups excluding carboxylic acids is 3. The lowest BCUT2D eigenvalue weighted by atomic mass is 10.1. The van der Waals surface area contributed by atoms with Crippen LogP contribution < -0.4 is 21.9 Å². The molecule has 3 N–H and O–H groups in total. The lowest BCUT2D eigenvalue weighted by Crippen LogP contribution is -2.50. The standard InChI is InChI=1S/C23H20N6O7/c1-12(28-21(32)14-9-6-10-15(29(35)36)16(14)22(28)33)20(31)26(2)17-18(24)27(23(34)25-19(17)30)11-13-7-4-3-5-8-13/h3-10,12H,11,24H2,1-2H3,(H,25,30,34). The normalized spacial score (nSPS) is 13.4. The van der Waals surface area contributed by atoms with E-state index in [1.165, 1.54) is 26.1 Å². The molecule has 0 saturated heterocycles. The summed E-state index contributed by atoms with van der Waals surface area (Å²) in [5, 5.41) is 11.4. The molecular formula is C23H20N6O7. The van der Waals surface area contributed by atoms with E-state index in [-0.39, 0.29) is 23.6 Å². The maximum atomic E-state index is 13.3. The monoisotopic (exact) mass is 492 g/mol. The first-order chi connectivity index (χ1) is 17.0. The highest BCUT2D eigenvalue weighted by atomic mass is 16.6. The second-order valence-electron chi connectivity index (χ2n) is 8.08. The number of nitro benzene ring substituents is 1. The third-order valence-electron chi connectivity index (χ3n) is 5.93. The summed E-state index contributed by atoms with van der Waals surface area (Å²) in [6.07, 6.45) is 0. The van der Waals surface area contributed by atoms with E-state index in [1.807, 2.05) is 0 Å². The molecule has 13 nitrogen and oxygen atoms in total. The van der Waals surface area contributed by atoms with E-state index in [9.17, 15) is 34.1 Å². The van der Waals surface area contributed by atoms with Crippen LogP contribution in [-0.2, 0) is 11.3 Å². The zero-order chi connectivity index (χ0) is 26.3. The molecule has 0 spiro atoms. The molecule has 1 aliphatic heterocycles. The number of benzene rings is 2. The number of amides is 3. The van der Waals surface area contributed by atoms with Crippen LogP contribution in [-0.4, -0.2) is 50.2 Å². The minimum absolute atomic E-state index is 0.00887. The molecule has 2 aromatic carbocycles. The number of anilines is 2. The molecule has 13 heteroatoms. The third kappa shape index (κ3) is 3.81. The Labute approximate surface area is 202 Å². The smallest absolute Gasteiger partial charge is 0.330 e. The quantitative estimate of drug-likeness (QED) is 0.287. The van der Waals surface area contributed by atoms with Gasteiger partial charge in [0.2, 0.25) is 5.91 Å². The average Bonchev–Trinajstić information content (AvgIpc) is 3.11. The summed E-state index contributed by atoms with van der Waals surface area (Å²) in [6.45, 7) is 1.26. The van der Waals surface area contributed by atoms with Crippen LogP contribution in [0.5, 0.6) is 0 Å². The van der Waals surface area contributed by atoms with Gasteiger partial charge in [-0.3, -0.25) is 43.7 Å². The number of likely N-dealkylation sites (N-methyl/N-ethyl adjacent to an activating group) is 1. The summed E-state index contributed by atoms with van der Waals surface area (Å²) in [5.41, 5.74) is 3.58. The Morgan fingerprint density at radius 3 is 2.39 bits per heavy atom. The number of aromatic amines is 1. The molecular weight excluding hydrogens is 472 g/mol. The summed E-state index contributed by atoms with van der Waals surface area (Å²) in [7, 11) is 1.21. The number of nitrogens with zero attached hydrogens (tertiary/aromatic N) is 4. The molecule has 1 unspecified atom stereocenters. The highest BCUT2D eigenvalue weighted by molar-refractivity contribution is 6.25. The Bertz CT molecular complexity index is 1540. The molecule has 2 heterocycles. The minimum Gasteiger partial charge on any atom is -0.383 e. The van der Waals surface area contributed by atoms with Crippen molar-refractivity contribution in [1.82, 2.24) is 14.5 Å². The molecule has 4 rings (SSSR count). The third-order valence-corrected chi connectivity index (χ3v) is 5.93. The number of imide groups is 1. The highest BCUT2D eigenvalue weighted by Gasteiger charge is 2.45. The molecule has 0 aliphatic carbocycles. The number of nitrogen functional groups attached to an aromatic ring is 1. The Hall–Kier alpha value is -5.07. The number of nitro groups is 1. The van der Waals surface area contributed by atoms with Gasteiger partial charge in [0.25, 0.3) is 23.1 Å². The fraction of sp³-hybridized carbons (Fsp3) is 0.174. The average molecular weight is 492 g/mol. The van der Waals surface area contributed by atoms with Gasteiger partial charge < -0.3 is 10.6 Å². The second kappa shape index (κ2) is 8.94. The van der Waals surface area contributed by atoms with Crippen LogP contribution in [0.1, 0.15) is 33.2 Å². The largest absolute Gasteiger partial charge is 0.383 e. The summed E-state index contributed by atoms with van der Waals surface area (Å²) in [5.74, 6) is -3.07. The number of aromatic nitrogens is 2. The Kier molecular flexibility index (Phi) is 5.98. The van der Waals surface area contributed by atoms with Gasteiger partial charge >= 0.3 is 5.69 Å². The molecule has 1 atom stereocenters. The summed E-state index contributed by atoms with van der Waals surface area (Å²) < 4.78 is 1.08. The van der Waals surface area contributed by atoms with E-state index in [1.54, 1.807) is 30.3 Å². The molecule has 0 bridgehead atoms. The summed E-state index contributed by atoms with van der Waals surface area (Å²) in [6, 6.07) is 10.9. The fourth-order valence-corrected chi connectivity index (χ4v) is 4.11. The van der Waals surface area contributed by atoms with E-state index in [0.29, 0.717) is 10.5 Å². The minimum atomic E-state index is -1.45. The molecule has 184 valence electrons. The lowest BCUT2D eigenvalue weighted by Gasteiger charge is -2.27. The first kappa shape index (κ1) is 24.1. The Morgan fingerprint density at radius 2 is 1.75 bits per heavy atom. The first-order valence-corrected chi connectivity index (χ1v) is 10.6. The number of fused-ring (bicyclic) bond motifs is 1. The maximum Gasteiger partial charge on any atom is 0.330 e. The van der Waals surface area contributed by atoms with Crippen LogP contribution >= 0.6 is 0 Å². The molecule has 1 aliphatic rings. The van der Waals surface area contributed by atoms with E-state index >= 15 is 0 Å². The molecule has 3 aromatic rings. The molecule has 0 radical (unpaired) electrons. The van der Waals surface area contributed by atoms with Gasteiger partial charge in [0.15, 0.2) is 5.69 Å². The number of carbonyl (C=O) groups is 3. The number of rotatable bonds is 6. The van der Waals surface area contributed by atoms with Gasteiger partial charge in [-0.05, 0) is 18.6 Å². The topological polar surface area (TPSA) is 182 Å². The van der Waals surface area contributed by atoms with Crippen molar-refractivity contribution in [3.8, 4) is 0 Å². The molecule has 3 amide bonds. The molecule has 0 saturated carbocycles. The van der Waals surface area contributed by atoms with Crippen molar-refractivity contribution in [1.29, 1.82) is 0 Å². The maximum absolute atomic E-state index is 13.3. The number of nitrogens with two attached hydrogens (primary N) is 1. The first-order valence-electron chi connectivity index (χ1n) is 10.6. The fourth-order valence-electron chi connectivity index (χ4n) is 4.11. The van der Waals surface area contributed by atoms with Crippen molar-refractivity contribution < 1.29 is 19.3 Å². The van der Waals surface area contributed by atoms with Crippen LogP contribution in [0.25, 0.3) is 0 Å². The predicted molar refractivity (Wildman–Crippen MR) is 128 cm³/mol. The highest BCUT2D eigenvalue weighted by Crippen LogP contribution is 2.32. The van der Waals surface area contributed by atoms with Crippen LogP contribution in [0.3, 0.4) is 0 Å². The van der Waals surface area contributed by atoms with Crippen LogP contribution in [0, 0.1) is 10.1 Å². The van der Waals surface area contributed by atoms with E-state index in [2.05, 4.69) is 4.98 Å². The number of nitrogens with one attached hydrogen (secondary N) is 1. The van der Waals surface area contributed by atoms with Crippen molar-refractivity contribution >= 4 is 34.9 Å². The van der Waals surface area contributed by atoms with Crippen LogP contribution in [0.4, 0.5) is 17.2 Å². The van der Waals surface area contributed by atoms with Gasteiger partial charge in [-0.1, -0.05) is 36.4 Å². The van der Waals surface area contributed by atoms with Crippen molar-refractivity contribution in [3.05, 3.63) is 96.2 Å². The Morgan fingerprint density at radius 1 is 1.08 bits per heavy atom. The van der Waals surface area contributed by atoms with Gasteiger partial charge in [-0.2, -0.15) is 0 Å². The van der Waals surface area contributed by atoms with E-state index < -0.39 is 51.2 Å². The lowest BCUT2D eigenvalue weighted by molar-refractivity contribution is -0.385. The predicted octanol–water partition coefficient (Wildman–Crippen LogP) is 0.723. The van der Waals surface area contributed by atoms with Gasteiger partial charge in [-0.15, -0.1) is 0 Å². The zero-order valence-electron chi connectivity index (χ0n) is 19.1. The Balaban J connectivity index is 1.69. The summed E-state index contributed by atoms with van der Waals surface area (Å²) >= 11 is 0. The molecule has 36 heavy (non-hydrogen) atoms. The van der Waals surface area contributed by atoms with Gasteiger partial charge in [0.05, 0.1) is 17.0 Å². The van der Waals surface area contributed by atoms with Crippen molar-refractivity contribution in [2.75, 3.05) is 17.7 Å². The van der Waals surface area contributed by atoms with E-state index in [4.69, 9.17) is 5.73 Å². The number of H-pyrrole nitrogens is 1. The van der Waals surface area contributed by atoms with Gasteiger partial charge in [0, 0.05) is 13.1 Å². The van der Waals surface area contributed by atoms with Crippen LogP contribution in [0.15, 0.2) is 58.1 Å². The number of hydrogen-bond acceptors (Lipinski definition) is 8.